The fourth-order valence-corrected chi connectivity index (χ4v) is 2.92. The maximum absolute atomic E-state index is 12.2. The predicted octanol–water partition coefficient (Wildman–Crippen LogP) is 1.36. The first-order valence-electron chi connectivity index (χ1n) is 4.58. The van der Waals surface area contributed by atoms with E-state index in [0.29, 0.717) is 16.1 Å². The minimum atomic E-state index is -0.0587. The van der Waals surface area contributed by atoms with Gasteiger partial charge in [-0.3, -0.25) is 9.20 Å². The van der Waals surface area contributed by atoms with Gasteiger partial charge in [0.25, 0.3) is 5.56 Å². The van der Waals surface area contributed by atoms with Crippen molar-refractivity contribution >= 4 is 39.2 Å². The van der Waals surface area contributed by atoms with Gasteiger partial charge in [0.1, 0.15) is 0 Å². The van der Waals surface area contributed by atoms with Gasteiger partial charge in [-0.15, -0.1) is 11.3 Å². The molecule has 16 heavy (non-hydrogen) atoms. The lowest BCUT2D eigenvalue weighted by molar-refractivity contribution is 0.811. The van der Waals surface area contributed by atoms with Gasteiger partial charge in [-0.05, 0) is 6.26 Å². The second kappa shape index (κ2) is 3.33. The van der Waals surface area contributed by atoms with E-state index in [9.17, 15) is 4.79 Å². The summed E-state index contributed by atoms with van der Waals surface area (Å²) in [4.78, 5) is 21.5. The molecule has 3 aromatic rings. The van der Waals surface area contributed by atoms with Crippen molar-refractivity contribution in [2.24, 2.45) is 7.05 Å². The molecular weight excluding hydrogens is 244 g/mol. The summed E-state index contributed by atoms with van der Waals surface area (Å²) >= 11 is 2.94. The van der Waals surface area contributed by atoms with Gasteiger partial charge in [0.05, 0.1) is 0 Å². The van der Waals surface area contributed by atoms with Crippen molar-refractivity contribution < 1.29 is 0 Å². The average molecular weight is 252 g/mol. The van der Waals surface area contributed by atoms with Crippen molar-refractivity contribution in [3.8, 4) is 0 Å². The van der Waals surface area contributed by atoms with Crippen LogP contribution in [0.4, 0.5) is 0 Å². The highest BCUT2D eigenvalue weighted by molar-refractivity contribution is 7.98. The summed E-state index contributed by atoms with van der Waals surface area (Å²) in [6, 6.07) is 0. The Morgan fingerprint density at radius 1 is 1.44 bits per heavy atom. The minimum absolute atomic E-state index is 0.0587. The number of aromatic nitrogens is 4. The fraction of sp³-hybridized carbons (Fsp3) is 0.222. The second-order valence-corrected chi connectivity index (χ2v) is 4.95. The summed E-state index contributed by atoms with van der Waals surface area (Å²) in [5.74, 6) is 0. The van der Waals surface area contributed by atoms with Gasteiger partial charge in [-0.25, -0.2) is 4.98 Å². The van der Waals surface area contributed by atoms with E-state index in [1.54, 1.807) is 15.2 Å². The van der Waals surface area contributed by atoms with Crippen LogP contribution in [-0.4, -0.2) is 25.2 Å². The number of rotatable bonds is 1. The number of hydrogen-bond donors (Lipinski definition) is 0. The first-order valence-corrected chi connectivity index (χ1v) is 6.69. The van der Waals surface area contributed by atoms with Crippen LogP contribution in [0.15, 0.2) is 21.5 Å². The van der Waals surface area contributed by atoms with Crippen LogP contribution in [0.3, 0.4) is 0 Å². The quantitative estimate of drug-likeness (QED) is 0.614. The zero-order chi connectivity index (χ0) is 11.3. The normalized spacial score (nSPS) is 11.6. The molecule has 0 amide bonds. The molecule has 0 unspecified atom stereocenters. The summed E-state index contributed by atoms with van der Waals surface area (Å²) in [5, 5.41) is 2.65. The van der Waals surface area contributed by atoms with Crippen molar-refractivity contribution in [3.05, 3.63) is 21.9 Å². The lowest BCUT2D eigenvalue weighted by atomic mass is 10.5. The van der Waals surface area contributed by atoms with Crippen molar-refractivity contribution in [1.82, 2.24) is 18.9 Å². The molecule has 0 bridgehead atoms. The van der Waals surface area contributed by atoms with Gasteiger partial charge in [-0.2, -0.15) is 4.98 Å². The minimum Gasteiger partial charge on any atom is -0.316 e. The number of thiazole rings is 1. The van der Waals surface area contributed by atoms with E-state index in [1.165, 1.54) is 23.1 Å². The molecule has 0 aliphatic carbocycles. The van der Waals surface area contributed by atoms with E-state index in [4.69, 9.17) is 0 Å². The molecule has 0 atom stereocenters. The first-order chi connectivity index (χ1) is 7.72. The van der Waals surface area contributed by atoms with Crippen LogP contribution in [-0.2, 0) is 7.05 Å². The van der Waals surface area contributed by atoms with Gasteiger partial charge in [0, 0.05) is 18.6 Å². The van der Waals surface area contributed by atoms with Gasteiger partial charge < -0.3 is 4.57 Å². The molecule has 0 saturated heterocycles. The van der Waals surface area contributed by atoms with Crippen LogP contribution >= 0.6 is 23.1 Å². The van der Waals surface area contributed by atoms with Gasteiger partial charge in [0.15, 0.2) is 21.3 Å². The maximum Gasteiger partial charge on any atom is 0.284 e. The summed E-state index contributed by atoms with van der Waals surface area (Å²) in [6.07, 6.45) is 3.67. The Morgan fingerprint density at radius 2 is 2.25 bits per heavy atom. The third-order valence-corrected chi connectivity index (χ3v) is 3.92. The van der Waals surface area contributed by atoms with E-state index in [2.05, 4.69) is 9.97 Å². The third kappa shape index (κ3) is 1.15. The summed E-state index contributed by atoms with van der Waals surface area (Å²) in [5.41, 5.74) is 1.02. The molecule has 3 heterocycles. The molecule has 3 aromatic heterocycles. The van der Waals surface area contributed by atoms with Crippen molar-refractivity contribution in [2.75, 3.05) is 6.26 Å². The summed E-state index contributed by atoms with van der Waals surface area (Å²) < 4.78 is 3.35. The molecule has 0 spiro atoms. The highest BCUT2D eigenvalue weighted by Crippen LogP contribution is 2.18. The Morgan fingerprint density at radius 3 is 3.00 bits per heavy atom. The number of aryl methyl sites for hydroxylation is 1. The lowest BCUT2D eigenvalue weighted by Crippen LogP contribution is -2.15. The zero-order valence-corrected chi connectivity index (χ0v) is 10.3. The van der Waals surface area contributed by atoms with E-state index in [-0.39, 0.29) is 5.56 Å². The predicted molar refractivity (Wildman–Crippen MR) is 65.4 cm³/mol. The Balaban J connectivity index is 2.59. The molecule has 0 aliphatic rings. The first kappa shape index (κ1) is 9.86. The smallest absolute Gasteiger partial charge is 0.284 e. The Labute approximate surface area is 98.8 Å². The molecule has 5 nitrogen and oxygen atoms in total. The Hall–Kier alpha value is -1.34. The van der Waals surface area contributed by atoms with E-state index in [1.807, 2.05) is 18.7 Å². The fourth-order valence-electron chi connectivity index (χ4n) is 1.68. The van der Waals surface area contributed by atoms with Crippen LogP contribution < -0.4 is 5.56 Å². The monoisotopic (exact) mass is 252 g/mol. The highest BCUT2D eigenvalue weighted by Gasteiger charge is 2.14. The summed E-state index contributed by atoms with van der Waals surface area (Å²) in [7, 11) is 1.84. The Kier molecular flexibility index (Phi) is 2.05. The molecule has 0 fully saturated rings. The van der Waals surface area contributed by atoms with E-state index < -0.39 is 0 Å². The van der Waals surface area contributed by atoms with Crippen molar-refractivity contribution in [2.45, 2.75) is 5.16 Å². The van der Waals surface area contributed by atoms with Gasteiger partial charge in [-0.1, -0.05) is 11.8 Å². The summed E-state index contributed by atoms with van der Waals surface area (Å²) in [6.45, 7) is 0. The van der Waals surface area contributed by atoms with Crippen LogP contribution in [0, 0.1) is 0 Å². The third-order valence-electron chi connectivity index (χ3n) is 2.43. The topological polar surface area (TPSA) is 52.2 Å². The maximum atomic E-state index is 12.2. The molecule has 0 aromatic carbocycles. The van der Waals surface area contributed by atoms with E-state index in [0.717, 1.165) is 5.16 Å². The second-order valence-electron chi connectivity index (χ2n) is 3.30. The number of thioether (sulfide) groups is 1. The molecule has 0 aliphatic heterocycles. The Bertz CT molecular complexity index is 739. The van der Waals surface area contributed by atoms with Crippen molar-refractivity contribution in [3.63, 3.8) is 0 Å². The lowest BCUT2D eigenvalue weighted by Gasteiger charge is -1.96. The molecular formula is C9H8N4OS2. The standard InChI is InChI=1S/C9H8N4OS2/c1-12-5-6(10-8(12)15-2)11-9-13(7(5)14)3-4-16-9/h3-4H,1-2H3. The average Bonchev–Trinajstić information content (AvgIpc) is 2.84. The molecule has 82 valence electrons. The molecule has 7 heteroatoms. The SMILES string of the molecule is CSc1nc2nc3sccn3c(=O)c2n1C. The van der Waals surface area contributed by atoms with Gasteiger partial charge in [0.2, 0.25) is 0 Å². The van der Waals surface area contributed by atoms with Crippen LogP contribution in [0.25, 0.3) is 16.1 Å². The largest absolute Gasteiger partial charge is 0.316 e. The molecule has 3 rings (SSSR count). The van der Waals surface area contributed by atoms with E-state index >= 15 is 0 Å². The molecule has 0 radical (unpaired) electrons. The number of fused-ring (bicyclic) bond motifs is 2. The molecule has 0 saturated carbocycles. The van der Waals surface area contributed by atoms with Crippen LogP contribution in [0.1, 0.15) is 0 Å². The van der Waals surface area contributed by atoms with Gasteiger partial charge >= 0.3 is 0 Å². The van der Waals surface area contributed by atoms with Crippen molar-refractivity contribution in [1.29, 1.82) is 0 Å². The molecule has 0 N–H and O–H groups in total. The van der Waals surface area contributed by atoms with Crippen LogP contribution in [0.5, 0.6) is 0 Å². The number of imidazole rings is 1. The highest BCUT2D eigenvalue weighted by atomic mass is 32.2. The zero-order valence-electron chi connectivity index (χ0n) is 8.67. The van der Waals surface area contributed by atoms with Crippen LogP contribution in [0.2, 0.25) is 0 Å². The number of nitrogens with zero attached hydrogens (tertiary/aromatic N) is 4. The number of hydrogen-bond acceptors (Lipinski definition) is 5.